The first-order chi connectivity index (χ1) is 8.70. The number of halogens is 1. The van der Waals surface area contributed by atoms with Crippen LogP contribution in [-0.2, 0) is 11.6 Å². The predicted octanol–water partition coefficient (Wildman–Crippen LogP) is 5.33. The highest BCUT2D eigenvalue weighted by Gasteiger charge is 2.03. The maximum atomic E-state index is 5.79. The van der Waals surface area contributed by atoms with Crippen LogP contribution in [0.25, 0.3) is 0 Å². The molecule has 0 spiro atoms. The van der Waals surface area contributed by atoms with Crippen molar-refractivity contribution in [3.63, 3.8) is 0 Å². The Bertz CT molecular complexity index is 497. The number of aryl methyl sites for hydroxylation is 2. The van der Waals surface area contributed by atoms with Gasteiger partial charge in [-0.15, -0.1) is 23.4 Å². The second-order valence-electron chi connectivity index (χ2n) is 4.44. The Morgan fingerprint density at radius 2 is 1.56 bits per heavy atom. The number of benzene rings is 2. The molecule has 0 N–H and O–H groups in total. The minimum atomic E-state index is 0.585. The molecule has 2 heteroatoms. The van der Waals surface area contributed by atoms with Crippen LogP contribution < -0.4 is 0 Å². The molecule has 0 bridgehead atoms. The molecule has 0 aromatic heterocycles. The first-order valence-corrected chi connectivity index (χ1v) is 7.55. The van der Waals surface area contributed by atoms with Gasteiger partial charge in [0.05, 0.1) is 0 Å². The molecule has 0 aliphatic rings. The van der Waals surface area contributed by atoms with E-state index in [0.717, 1.165) is 5.75 Å². The van der Waals surface area contributed by atoms with Crippen LogP contribution in [0.5, 0.6) is 0 Å². The molecule has 0 radical (unpaired) electrons. The average molecular weight is 277 g/mol. The van der Waals surface area contributed by atoms with Crippen molar-refractivity contribution < 1.29 is 0 Å². The zero-order valence-electron chi connectivity index (χ0n) is 10.7. The summed E-state index contributed by atoms with van der Waals surface area (Å²) in [5.41, 5.74) is 5.37. The maximum absolute atomic E-state index is 5.79. The van der Waals surface area contributed by atoms with E-state index >= 15 is 0 Å². The van der Waals surface area contributed by atoms with Gasteiger partial charge in [0.15, 0.2) is 0 Å². The van der Waals surface area contributed by atoms with Gasteiger partial charge < -0.3 is 0 Å². The molecule has 0 saturated heterocycles. The second-order valence-corrected chi connectivity index (χ2v) is 5.75. The Kier molecular flexibility index (Phi) is 4.73. The van der Waals surface area contributed by atoms with Gasteiger partial charge in [0.25, 0.3) is 0 Å². The Labute approximate surface area is 118 Å². The van der Waals surface area contributed by atoms with Gasteiger partial charge in [0, 0.05) is 16.5 Å². The van der Waals surface area contributed by atoms with E-state index in [9.17, 15) is 0 Å². The average Bonchev–Trinajstić information content (AvgIpc) is 2.39. The Balaban J connectivity index is 2.06. The highest BCUT2D eigenvalue weighted by molar-refractivity contribution is 7.98. The number of hydrogen-bond acceptors (Lipinski definition) is 1. The van der Waals surface area contributed by atoms with Crippen molar-refractivity contribution in [2.24, 2.45) is 0 Å². The number of hydrogen-bond donors (Lipinski definition) is 0. The summed E-state index contributed by atoms with van der Waals surface area (Å²) in [5, 5.41) is 0. The molecule has 0 fully saturated rings. The highest BCUT2D eigenvalue weighted by atomic mass is 35.5. The van der Waals surface area contributed by atoms with Gasteiger partial charge in [0.2, 0.25) is 0 Å². The van der Waals surface area contributed by atoms with Crippen molar-refractivity contribution in [3.8, 4) is 0 Å². The van der Waals surface area contributed by atoms with E-state index in [4.69, 9.17) is 11.6 Å². The van der Waals surface area contributed by atoms with Crippen molar-refractivity contribution in [2.45, 2.75) is 30.4 Å². The number of rotatable bonds is 4. The van der Waals surface area contributed by atoms with Crippen molar-refractivity contribution in [1.29, 1.82) is 0 Å². The first kappa shape index (κ1) is 13.5. The minimum absolute atomic E-state index is 0.585. The molecule has 0 saturated carbocycles. The molecule has 0 heterocycles. The van der Waals surface area contributed by atoms with Crippen molar-refractivity contribution in [3.05, 3.63) is 64.7 Å². The van der Waals surface area contributed by atoms with Gasteiger partial charge >= 0.3 is 0 Å². The molecule has 0 nitrogen and oxygen atoms in total. The molecule has 94 valence electrons. The van der Waals surface area contributed by atoms with E-state index in [1.54, 1.807) is 0 Å². The van der Waals surface area contributed by atoms with E-state index in [2.05, 4.69) is 56.3 Å². The summed E-state index contributed by atoms with van der Waals surface area (Å²) in [4.78, 5) is 1.30. The number of thioether (sulfide) groups is 1. The maximum Gasteiger partial charge on any atom is 0.0474 e. The normalized spacial score (nSPS) is 10.6. The molecule has 0 aliphatic carbocycles. The Morgan fingerprint density at radius 3 is 2.11 bits per heavy atom. The third-order valence-corrected chi connectivity index (χ3v) is 4.45. The van der Waals surface area contributed by atoms with Crippen LogP contribution in [0.4, 0.5) is 0 Å². The summed E-state index contributed by atoms with van der Waals surface area (Å²) in [6.07, 6.45) is 0. The zero-order chi connectivity index (χ0) is 13.0. The second kappa shape index (κ2) is 6.31. The zero-order valence-corrected chi connectivity index (χ0v) is 12.3. The van der Waals surface area contributed by atoms with Crippen LogP contribution in [0.15, 0.2) is 47.4 Å². The van der Waals surface area contributed by atoms with E-state index in [1.807, 2.05) is 11.8 Å². The molecule has 0 unspecified atom stereocenters. The lowest BCUT2D eigenvalue weighted by atomic mass is 10.1. The summed E-state index contributed by atoms with van der Waals surface area (Å²) >= 11 is 7.66. The highest BCUT2D eigenvalue weighted by Crippen LogP contribution is 2.26. The van der Waals surface area contributed by atoms with Gasteiger partial charge in [0.1, 0.15) is 0 Å². The largest absolute Gasteiger partial charge is 0.122 e. The fraction of sp³-hybridized carbons (Fsp3) is 0.250. The van der Waals surface area contributed by atoms with E-state index in [1.165, 1.54) is 27.1 Å². The molecule has 0 aliphatic heterocycles. The van der Waals surface area contributed by atoms with Gasteiger partial charge in [-0.05, 0) is 48.2 Å². The van der Waals surface area contributed by atoms with E-state index in [0.29, 0.717) is 5.88 Å². The topological polar surface area (TPSA) is 0 Å². The predicted molar refractivity (Wildman–Crippen MR) is 81.5 cm³/mol. The van der Waals surface area contributed by atoms with Gasteiger partial charge in [-0.1, -0.05) is 30.3 Å². The lowest BCUT2D eigenvalue weighted by Gasteiger charge is -2.09. The SMILES string of the molecule is Cc1cccc(C)c1CSc1ccc(CCl)cc1. The number of alkyl halides is 1. The Morgan fingerprint density at radius 1 is 0.944 bits per heavy atom. The van der Waals surface area contributed by atoms with Gasteiger partial charge in [-0.2, -0.15) is 0 Å². The molecule has 18 heavy (non-hydrogen) atoms. The van der Waals surface area contributed by atoms with Crippen LogP contribution >= 0.6 is 23.4 Å². The van der Waals surface area contributed by atoms with Crippen molar-refractivity contribution in [1.82, 2.24) is 0 Å². The van der Waals surface area contributed by atoms with Crippen LogP contribution in [0.1, 0.15) is 22.3 Å². The van der Waals surface area contributed by atoms with Gasteiger partial charge in [-0.25, -0.2) is 0 Å². The van der Waals surface area contributed by atoms with Gasteiger partial charge in [-0.3, -0.25) is 0 Å². The first-order valence-electron chi connectivity index (χ1n) is 6.03. The van der Waals surface area contributed by atoms with Crippen LogP contribution in [0.2, 0.25) is 0 Å². The molecular formula is C16H17ClS. The molecule has 2 aromatic rings. The quantitative estimate of drug-likeness (QED) is 0.537. The lowest BCUT2D eigenvalue weighted by molar-refractivity contribution is 1.23. The van der Waals surface area contributed by atoms with Crippen LogP contribution in [0, 0.1) is 13.8 Å². The summed E-state index contributed by atoms with van der Waals surface area (Å²) in [5.74, 6) is 1.61. The third-order valence-electron chi connectivity index (χ3n) is 3.11. The van der Waals surface area contributed by atoms with Crippen LogP contribution in [0.3, 0.4) is 0 Å². The van der Waals surface area contributed by atoms with Crippen molar-refractivity contribution in [2.75, 3.05) is 0 Å². The molecule has 2 rings (SSSR count). The Hall–Kier alpha value is -0.920. The lowest BCUT2D eigenvalue weighted by Crippen LogP contribution is -1.90. The molecule has 0 amide bonds. The van der Waals surface area contributed by atoms with E-state index < -0.39 is 0 Å². The standard InChI is InChI=1S/C16H17ClS/c1-12-4-3-5-13(2)16(12)11-18-15-8-6-14(10-17)7-9-15/h3-9H,10-11H2,1-2H3. The monoisotopic (exact) mass is 276 g/mol. The summed E-state index contributed by atoms with van der Waals surface area (Å²) in [7, 11) is 0. The van der Waals surface area contributed by atoms with E-state index in [-0.39, 0.29) is 0 Å². The molecule has 0 atom stereocenters. The fourth-order valence-electron chi connectivity index (χ4n) is 1.91. The summed E-state index contributed by atoms with van der Waals surface area (Å²) in [6, 6.07) is 15.0. The summed E-state index contributed by atoms with van der Waals surface area (Å²) < 4.78 is 0. The smallest absolute Gasteiger partial charge is 0.0474 e. The van der Waals surface area contributed by atoms with Crippen LogP contribution in [-0.4, -0.2) is 0 Å². The minimum Gasteiger partial charge on any atom is -0.122 e. The molecule has 2 aromatic carbocycles. The summed E-state index contributed by atoms with van der Waals surface area (Å²) in [6.45, 7) is 4.36. The van der Waals surface area contributed by atoms with Crippen molar-refractivity contribution >= 4 is 23.4 Å². The molecular weight excluding hydrogens is 260 g/mol. The fourth-order valence-corrected chi connectivity index (χ4v) is 3.18. The third kappa shape index (κ3) is 3.30.